The molecule has 0 rings (SSSR count). The molecule has 0 spiro atoms. The summed E-state index contributed by atoms with van der Waals surface area (Å²) in [6.07, 6.45) is 45.5. The van der Waals surface area contributed by atoms with Crippen LogP contribution in [-0.4, -0.2) is 104 Å². The smallest absolute Gasteiger partial charge is 0.305 e. The van der Waals surface area contributed by atoms with E-state index in [9.17, 15) is 9.59 Å². The molecule has 2 N–H and O–H groups in total. The van der Waals surface area contributed by atoms with Crippen molar-refractivity contribution < 1.29 is 53.9 Å². The number of ether oxygens (including phenoxy) is 7. The van der Waals surface area contributed by atoms with Gasteiger partial charge in [-0.2, -0.15) is 0 Å². The molecule has 0 heterocycles. The summed E-state index contributed by atoms with van der Waals surface area (Å²) in [6, 6.07) is 0. The maximum Gasteiger partial charge on any atom is 0.305 e. The second kappa shape index (κ2) is 73.7. The average Bonchev–Trinajstić information content (AvgIpc) is 3.29. The quantitative estimate of drug-likeness (QED) is 0.0253. The predicted molar refractivity (Wildman–Crippen MR) is 285 cm³/mol. The van der Waals surface area contributed by atoms with E-state index < -0.39 is 0 Å². The summed E-state index contributed by atoms with van der Waals surface area (Å²) >= 11 is 3.36. The van der Waals surface area contributed by atoms with E-state index in [1.807, 2.05) is 6.92 Å². The molecule has 64 heavy (non-hydrogen) atoms. The van der Waals surface area contributed by atoms with Crippen molar-refractivity contribution in [3.05, 3.63) is 0 Å². The van der Waals surface area contributed by atoms with Gasteiger partial charge in [0.15, 0.2) is 0 Å². The molecule has 0 aliphatic rings. The van der Waals surface area contributed by atoms with E-state index in [0.717, 1.165) is 51.0 Å². The lowest BCUT2D eigenvalue weighted by Gasteiger charge is -2.14. The Labute approximate surface area is 412 Å². The molecule has 1 unspecified atom stereocenters. The number of alkyl halides is 1. The molecule has 0 bridgehead atoms. The van der Waals surface area contributed by atoms with Crippen LogP contribution in [0.1, 0.15) is 252 Å². The second-order valence-electron chi connectivity index (χ2n) is 16.7. The fraction of sp³-hybridized carbons (Fsp3) is 0.962. The highest BCUT2D eigenvalue weighted by Gasteiger charge is 2.06. The number of esters is 1. The molecule has 0 radical (unpaired) electrons. The first-order chi connectivity index (χ1) is 31.0. The van der Waals surface area contributed by atoms with Gasteiger partial charge in [-0.25, -0.2) is 0 Å². The van der Waals surface area contributed by atoms with Crippen LogP contribution in [0.4, 0.5) is 0 Å². The van der Waals surface area contributed by atoms with Crippen LogP contribution in [0.5, 0.6) is 0 Å². The van der Waals surface area contributed by atoms with Crippen LogP contribution in [-0.2, 0) is 42.7 Å². The lowest BCUT2D eigenvalue weighted by molar-refractivity contribution is -0.143. The van der Waals surface area contributed by atoms with Crippen molar-refractivity contribution in [2.75, 3.05) is 79.5 Å². The zero-order chi connectivity index (χ0) is 47.2. The SMILES string of the molecule is CCCCCCCCCCCCCCCCOCC(COC)OC.CCCCCCCCCCCCCCCCOCCCOC.CCOC(=O)CCCCCCBr.CCOC=O.O.[HH].[HH].[HH].[HH]. The first-order valence-electron chi connectivity index (χ1n) is 26.4. The van der Waals surface area contributed by atoms with E-state index in [4.69, 9.17) is 28.4 Å². The number of rotatable bonds is 48. The highest BCUT2D eigenvalue weighted by molar-refractivity contribution is 9.09. The van der Waals surface area contributed by atoms with Crippen LogP contribution in [0, 0.1) is 0 Å². The third-order valence-corrected chi connectivity index (χ3v) is 11.3. The molecular weight excluding hydrogens is 876 g/mol. The van der Waals surface area contributed by atoms with E-state index in [1.54, 1.807) is 28.3 Å². The summed E-state index contributed by atoms with van der Waals surface area (Å²) in [5.41, 5.74) is 0. The van der Waals surface area contributed by atoms with Crippen molar-refractivity contribution in [2.45, 2.75) is 252 Å². The van der Waals surface area contributed by atoms with Gasteiger partial charge in [0.2, 0.25) is 0 Å². The first-order valence-corrected chi connectivity index (χ1v) is 27.5. The van der Waals surface area contributed by atoms with Crippen LogP contribution < -0.4 is 0 Å². The molecule has 0 aliphatic heterocycles. The van der Waals surface area contributed by atoms with Crippen LogP contribution >= 0.6 is 15.9 Å². The van der Waals surface area contributed by atoms with E-state index in [-0.39, 0.29) is 23.3 Å². The minimum atomic E-state index is -0.0589. The van der Waals surface area contributed by atoms with Crippen LogP contribution in [0.3, 0.4) is 0 Å². The normalized spacial score (nSPS) is 10.9. The van der Waals surface area contributed by atoms with Crippen molar-refractivity contribution in [3.63, 3.8) is 0 Å². The van der Waals surface area contributed by atoms with Gasteiger partial charge in [0.05, 0.1) is 26.4 Å². The maximum atomic E-state index is 10.8. The van der Waals surface area contributed by atoms with Crippen molar-refractivity contribution in [3.8, 4) is 0 Å². The van der Waals surface area contributed by atoms with Crippen LogP contribution in [0.25, 0.3) is 0 Å². The number of hydrogen-bond donors (Lipinski definition) is 0. The highest BCUT2D eigenvalue weighted by atomic mass is 79.9. The van der Waals surface area contributed by atoms with Gasteiger partial charge in [-0.15, -0.1) is 0 Å². The molecule has 0 aromatic heterocycles. The first kappa shape index (κ1) is 72.2. The number of unbranched alkanes of at least 4 members (excludes halogenated alkanes) is 29. The summed E-state index contributed by atoms with van der Waals surface area (Å²) in [6.45, 7) is 14.3. The lowest BCUT2D eigenvalue weighted by Crippen LogP contribution is -2.23. The number of halogens is 1. The Morgan fingerprint density at radius 3 is 1.20 bits per heavy atom. The number of carbonyl (C=O) groups is 2. The monoisotopic (exact) mass is 995 g/mol. The summed E-state index contributed by atoms with van der Waals surface area (Å²) in [5, 5.41) is 1.06. The summed E-state index contributed by atoms with van der Waals surface area (Å²) < 4.78 is 35.5. The molecule has 0 aromatic rings. The van der Waals surface area contributed by atoms with Gasteiger partial charge in [-0.05, 0) is 46.0 Å². The molecule has 10 nitrogen and oxygen atoms in total. The summed E-state index contributed by atoms with van der Waals surface area (Å²) in [4.78, 5) is 20.0. The standard InChI is InChI=1S/C21H44O3.C20H42O2.C9H17BrO2.C3H6O2.H2O.4H2/c1-4-5-6-7-8-9-10-11-12-13-14-15-16-17-18-24-20-21(23-3)19-22-2;1-3-4-5-6-7-8-9-10-11-12-13-14-15-16-19-22-20-17-18-21-2;1-2-12-9(11)7-5-3-4-6-8-10;1-2-5-3-4;;;;;/h21H,4-20H2,1-3H3;3-20H2,1-2H3;2-8H2,1H3;3H,2H2,1H3;1H2;4*1H. The maximum absolute atomic E-state index is 10.8. The van der Waals surface area contributed by atoms with Gasteiger partial charge in [0.25, 0.3) is 6.47 Å². The molecule has 0 amide bonds. The Hall–Kier alpha value is -0.820. The van der Waals surface area contributed by atoms with Gasteiger partial charge in [-0.1, -0.05) is 210 Å². The zero-order valence-electron chi connectivity index (χ0n) is 43.6. The zero-order valence-corrected chi connectivity index (χ0v) is 45.2. The molecule has 0 aromatic carbocycles. The Balaban J connectivity index is -0.000000104. The molecule has 11 heteroatoms. The number of methoxy groups -OCH3 is 3. The van der Waals surface area contributed by atoms with Gasteiger partial charge < -0.3 is 38.6 Å². The van der Waals surface area contributed by atoms with E-state index >= 15 is 0 Å². The third-order valence-electron chi connectivity index (χ3n) is 10.7. The lowest BCUT2D eigenvalue weighted by atomic mass is 10.0. The fourth-order valence-corrected chi connectivity index (χ4v) is 7.20. The molecular formula is C53H119BrO10. The Morgan fingerprint density at radius 2 is 0.859 bits per heavy atom. The summed E-state index contributed by atoms with van der Waals surface area (Å²) in [5.74, 6) is -0.0589. The second-order valence-corrected chi connectivity index (χ2v) is 17.5. The fourth-order valence-electron chi connectivity index (χ4n) is 6.81. The third kappa shape index (κ3) is 78.3. The van der Waals surface area contributed by atoms with Gasteiger partial charge >= 0.3 is 5.97 Å². The minimum absolute atomic E-state index is 0. The predicted octanol–water partition coefficient (Wildman–Crippen LogP) is 15.9. The number of carbonyl (C=O) groups excluding carboxylic acids is 2. The van der Waals surface area contributed by atoms with Gasteiger partial charge in [0, 0.05) is 65.2 Å². The van der Waals surface area contributed by atoms with Crippen molar-refractivity contribution in [1.29, 1.82) is 0 Å². The average molecular weight is 996 g/mol. The molecule has 398 valence electrons. The van der Waals surface area contributed by atoms with Crippen molar-refractivity contribution in [2.24, 2.45) is 0 Å². The van der Waals surface area contributed by atoms with Crippen LogP contribution in [0.15, 0.2) is 0 Å². The molecule has 0 saturated carbocycles. The molecule has 1 atom stereocenters. The highest BCUT2D eigenvalue weighted by Crippen LogP contribution is 2.14. The topological polar surface area (TPSA) is 130 Å². The van der Waals surface area contributed by atoms with E-state index in [2.05, 4.69) is 34.5 Å². The van der Waals surface area contributed by atoms with Crippen molar-refractivity contribution >= 4 is 28.4 Å². The Bertz CT molecular complexity index is 781. The largest absolute Gasteiger partial charge is 0.468 e. The Kier molecular flexibility index (Phi) is 83.1. The summed E-state index contributed by atoms with van der Waals surface area (Å²) in [7, 11) is 5.15. The van der Waals surface area contributed by atoms with Gasteiger partial charge in [-0.3, -0.25) is 9.59 Å². The van der Waals surface area contributed by atoms with Crippen LogP contribution in [0.2, 0.25) is 0 Å². The minimum Gasteiger partial charge on any atom is -0.468 e. The number of hydrogen-bond acceptors (Lipinski definition) is 9. The van der Waals surface area contributed by atoms with Gasteiger partial charge in [0.1, 0.15) is 6.10 Å². The van der Waals surface area contributed by atoms with E-state index in [0.29, 0.717) is 39.3 Å². The molecule has 0 fully saturated rings. The van der Waals surface area contributed by atoms with Crippen molar-refractivity contribution in [1.82, 2.24) is 0 Å². The molecule has 0 saturated heterocycles. The molecule has 0 aliphatic carbocycles. The Morgan fingerprint density at radius 1 is 0.469 bits per heavy atom. The van der Waals surface area contributed by atoms with E-state index in [1.165, 1.54) is 193 Å².